The van der Waals surface area contributed by atoms with Gasteiger partial charge in [-0.2, -0.15) is 13.2 Å². The van der Waals surface area contributed by atoms with Gasteiger partial charge >= 0.3 is 6.18 Å². The van der Waals surface area contributed by atoms with Crippen LogP contribution < -0.4 is 10.3 Å². The standard InChI is InChI=1S/C22H17F3N2O4S/c1-27-12-18(16-8-9-26-20(16)21(27)28)17-11-15(32(2,29)30)6-7-19(17)31-14-5-3-4-13(10-14)22(23,24)25/h3-12,26H,1-2H3. The smallest absolute Gasteiger partial charge is 0.416 e. The number of aromatic amines is 1. The summed E-state index contributed by atoms with van der Waals surface area (Å²) in [7, 11) is -2.05. The number of hydrogen-bond donors (Lipinski definition) is 1. The number of halogens is 3. The monoisotopic (exact) mass is 462 g/mol. The maximum absolute atomic E-state index is 13.1. The highest BCUT2D eigenvalue weighted by atomic mass is 32.2. The molecule has 0 aliphatic rings. The second-order valence-electron chi connectivity index (χ2n) is 7.28. The predicted octanol–water partition coefficient (Wildman–Crippen LogP) is 4.75. The third-order valence-electron chi connectivity index (χ3n) is 4.95. The van der Waals surface area contributed by atoms with Crippen LogP contribution in [0.5, 0.6) is 11.5 Å². The summed E-state index contributed by atoms with van der Waals surface area (Å²) in [6.45, 7) is 0. The van der Waals surface area contributed by atoms with Gasteiger partial charge in [0.05, 0.1) is 10.5 Å². The molecule has 4 rings (SSSR count). The Bertz CT molecular complexity index is 1500. The molecular weight excluding hydrogens is 445 g/mol. The Balaban J connectivity index is 1.94. The summed E-state index contributed by atoms with van der Waals surface area (Å²) in [5, 5.41) is 0.521. The highest BCUT2D eigenvalue weighted by Gasteiger charge is 2.30. The van der Waals surface area contributed by atoms with E-state index in [0.29, 0.717) is 22.0 Å². The van der Waals surface area contributed by atoms with E-state index in [4.69, 9.17) is 4.74 Å². The van der Waals surface area contributed by atoms with Crippen LogP contribution in [0.3, 0.4) is 0 Å². The molecule has 32 heavy (non-hydrogen) atoms. The molecule has 0 fully saturated rings. The molecule has 0 spiro atoms. The fourth-order valence-corrected chi connectivity index (χ4v) is 4.03. The largest absolute Gasteiger partial charge is 0.457 e. The average Bonchev–Trinajstić information content (AvgIpc) is 3.20. The molecule has 0 aliphatic heterocycles. The number of aryl methyl sites for hydroxylation is 1. The molecule has 6 nitrogen and oxygen atoms in total. The summed E-state index contributed by atoms with van der Waals surface area (Å²) >= 11 is 0. The number of pyridine rings is 1. The first-order valence-electron chi connectivity index (χ1n) is 9.31. The Hall–Kier alpha value is -3.53. The van der Waals surface area contributed by atoms with Crippen LogP contribution in [0.4, 0.5) is 13.2 Å². The molecule has 0 saturated carbocycles. The van der Waals surface area contributed by atoms with Gasteiger partial charge in [0.15, 0.2) is 9.84 Å². The SMILES string of the molecule is Cn1cc(-c2cc(S(C)(=O)=O)ccc2Oc2cccc(C(F)(F)F)c2)c2cc[nH]c2c1=O. The maximum Gasteiger partial charge on any atom is 0.416 e. The molecule has 166 valence electrons. The second kappa shape index (κ2) is 7.56. The van der Waals surface area contributed by atoms with E-state index in [1.807, 2.05) is 0 Å². The van der Waals surface area contributed by atoms with E-state index in [-0.39, 0.29) is 22.0 Å². The molecule has 2 aromatic carbocycles. The van der Waals surface area contributed by atoms with Crippen molar-refractivity contribution in [1.29, 1.82) is 0 Å². The number of ether oxygens (including phenoxy) is 1. The van der Waals surface area contributed by atoms with Gasteiger partial charge in [0.25, 0.3) is 5.56 Å². The molecule has 0 bridgehead atoms. The van der Waals surface area contributed by atoms with Gasteiger partial charge in [-0.1, -0.05) is 6.07 Å². The topological polar surface area (TPSA) is 81.2 Å². The van der Waals surface area contributed by atoms with Crippen LogP contribution in [0.25, 0.3) is 22.0 Å². The van der Waals surface area contributed by atoms with E-state index >= 15 is 0 Å². The second-order valence-corrected chi connectivity index (χ2v) is 9.30. The van der Waals surface area contributed by atoms with E-state index < -0.39 is 21.6 Å². The normalized spacial score (nSPS) is 12.3. The molecule has 1 N–H and O–H groups in total. The molecule has 0 atom stereocenters. The van der Waals surface area contributed by atoms with Gasteiger partial charge < -0.3 is 14.3 Å². The van der Waals surface area contributed by atoms with Crippen molar-refractivity contribution in [3.8, 4) is 22.6 Å². The zero-order valence-corrected chi connectivity index (χ0v) is 17.7. The molecule has 0 unspecified atom stereocenters. The maximum atomic E-state index is 13.1. The molecule has 2 aromatic heterocycles. The number of rotatable bonds is 4. The highest BCUT2D eigenvalue weighted by molar-refractivity contribution is 7.90. The van der Waals surface area contributed by atoms with Crippen molar-refractivity contribution >= 4 is 20.7 Å². The number of nitrogens with one attached hydrogen (secondary N) is 1. The number of sulfone groups is 1. The third kappa shape index (κ3) is 4.01. The zero-order chi connectivity index (χ0) is 23.3. The Morgan fingerprint density at radius 2 is 1.78 bits per heavy atom. The van der Waals surface area contributed by atoms with Crippen LogP contribution in [-0.4, -0.2) is 24.2 Å². The first kappa shape index (κ1) is 21.7. The van der Waals surface area contributed by atoms with Gasteiger partial charge in [0, 0.05) is 42.2 Å². The molecule has 0 saturated heterocycles. The number of hydrogen-bond acceptors (Lipinski definition) is 4. The average molecular weight is 462 g/mol. The Morgan fingerprint density at radius 1 is 1.03 bits per heavy atom. The van der Waals surface area contributed by atoms with Gasteiger partial charge in [-0.05, 0) is 42.5 Å². The van der Waals surface area contributed by atoms with Crippen LogP contribution in [0.2, 0.25) is 0 Å². The van der Waals surface area contributed by atoms with Crippen molar-refractivity contribution in [2.75, 3.05) is 6.26 Å². The lowest BCUT2D eigenvalue weighted by molar-refractivity contribution is -0.137. The van der Waals surface area contributed by atoms with E-state index in [1.54, 1.807) is 19.3 Å². The van der Waals surface area contributed by atoms with Crippen molar-refractivity contribution in [3.05, 3.63) is 76.8 Å². The van der Waals surface area contributed by atoms with Gasteiger partial charge in [-0.15, -0.1) is 0 Å². The lowest BCUT2D eigenvalue weighted by atomic mass is 10.0. The first-order chi connectivity index (χ1) is 14.9. The predicted molar refractivity (Wildman–Crippen MR) is 114 cm³/mol. The molecule has 0 amide bonds. The van der Waals surface area contributed by atoms with Crippen LogP contribution in [0.15, 0.2) is 70.6 Å². The zero-order valence-electron chi connectivity index (χ0n) is 16.9. The molecule has 0 aliphatic carbocycles. The number of nitrogens with zero attached hydrogens (tertiary/aromatic N) is 1. The fourth-order valence-electron chi connectivity index (χ4n) is 3.39. The number of H-pyrrole nitrogens is 1. The van der Waals surface area contributed by atoms with Crippen molar-refractivity contribution < 1.29 is 26.3 Å². The van der Waals surface area contributed by atoms with Crippen LogP contribution in [0, 0.1) is 0 Å². The molecule has 4 aromatic rings. The molecular formula is C22H17F3N2O4S. The van der Waals surface area contributed by atoms with E-state index in [0.717, 1.165) is 18.4 Å². The summed E-state index contributed by atoms with van der Waals surface area (Å²) in [6, 6.07) is 10.1. The van der Waals surface area contributed by atoms with Crippen LogP contribution in [-0.2, 0) is 23.1 Å². The highest BCUT2D eigenvalue weighted by Crippen LogP contribution is 2.39. The fraction of sp³-hybridized carbons (Fsp3) is 0.136. The minimum absolute atomic E-state index is 0.00133. The summed E-state index contributed by atoms with van der Waals surface area (Å²) in [6.07, 6.45) is -0.397. The summed E-state index contributed by atoms with van der Waals surface area (Å²) in [5.74, 6) is 0.0705. The van der Waals surface area contributed by atoms with Crippen LogP contribution in [0.1, 0.15) is 5.56 Å². The molecule has 0 radical (unpaired) electrons. The minimum atomic E-state index is -4.54. The van der Waals surface area contributed by atoms with Crippen LogP contribution >= 0.6 is 0 Å². The lowest BCUT2D eigenvalue weighted by Gasteiger charge is -2.15. The third-order valence-corrected chi connectivity index (χ3v) is 6.06. The van der Waals surface area contributed by atoms with E-state index in [2.05, 4.69) is 4.98 Å². The first-order valence-corrected chi connectivity index (χ1v) is 11.2. The Labute approximate surface area is 180 Å². The quantitative estimate of drug-likeness (QED) is 0.475. The Morgan fingerprint density at radius 3 is 2.47 bits per heavy atom. The van der Waals surface area contributed by atoms with E-state index in [1.165, 1.54) is 41.1 Å². The number of benzene rings is 2. The van der Waals surface area contributed by atoms with Gasteiger partial charge in [-0.25, -0.2) is 8.42 Å². The van der Waals surface area contributed by atoms with Gasteiger partial charge in [0.1, 0.15) is 17.0 Å². The summed E-state index contributed by atoms with van der Waals surface area (Å²) in [5.41, 5.74) is -0.0612. The summed E-state index contributed by atoms with van der Waals surface area (Å²) < 4.78 is 70.7. The molecule has 2 heterocycles. The van der Waals surface area contributed by atoms with Crippen molar-refractivity contribution in [2.24, 2.45) is 7.05 Å². The van der Waals surface area contributed by atoms with Crippen molar-refractivity contribution in [2.45, 2.75) is 11.1 Å². The molecule has 10 heteroatoms. The number of fused-ring (bicyclic) bond motifs is 1. The van der Waals surface area contributed by atoms with Crippen molar-refractivity contribution in [1.82, 2.24) is 9.55 Å². The lowest BCUT2D eigenvalue weighted by Crippen LogP contribution is -2.16. The summed E-state index contributed by atoms with van der Waals surface area (Å²) in [4.78, 5) is 15.3. The van der Waals surface area contributed by atoms with Crippen molar-refractivity contribution in [3.63, 3.8) is 0 Å². The minimum Gasteiger partial charge on any atom is -0.457 e. The Kier molecular flexibility index (Phi) is 5.12. The van der Waals surface area contributed by atoms with Gasteiger partial charge in [0.2, 0.25) is 0 Å². The van der Waals surface area contributed by atoms with E-state index in [9.17, 15) is 26.4 Å². The number of aromatic nitrogens is 2. The number of alkyl halides is 3. The van der Waals surface area contributed by atoms with Gasteiger partial charge in [-0.3, -0.25) is 4.79 Å².